The number of hydrogen-bond acceptors (Lipinski definition) is 3. The Morgan fingerprint density at radius 2 is 1.65 bits per heavy atom. The lowest BCUT2D eigenvalue weighted by Gasteiger charge is -2.14. The third-order valence-corrected chi connectivity index (χ3v) is 6.57. The van der Waals surface area contributed by atoms with Gasteiger partial charge in [-0.25, -0.2) is 9.36 Å². The maximum absolute atomic E-state index is 13.4. The Hall–Kier alpha value is -3.13. The van der Waals surface area contributed by atoms with Crippen LogP contribution in [0.2, 0.25) is 0 Å². The Bertz CT molecular complexity index is 1410. The van der Waals surface area contributed by atoms with Gasteiger partial charge in [0.1, 0.15) is 4.83 Å². The Labute approximate surface area is 179 Å². The molecule has 0 unspecified atom stereocenters. The quantitative estimate of drug-likeness (QED) is 0.436. The highest BCUT2D eigenvalue weighted by Gasteiger charge is 2.31. The van der Waals surface area contributed by atoms with Gasteiger partial charge in [0.05, 0.1) is 23.2 Å². The van der Waals surface area contributed by atoms with Gasteiger partial charge in [-0.2, -0.15) is 13.2 Å². The summed E-state index contributed by atoms with van der Waals surface area (Å²) in [7, 11) is 0. The van der Waals surface area contributed by atoms with E-state index in [0.717, 1.165) is 38.3 Å². The number of aromatic nitrogens is 2. The molecule has 4 nitrogen and oxygen atoms in total. The molecule has 8 heteroatoms. The summed E-state index contributed by atoms with van der Waals surface area (Å²) in [5.41, 5.74) is 0.348. The van der Waals surface area contributed by atoms with Gasteiger partial charge >= 0.3 is 11.9 Å². The van der Waals surface area contributed by atoms with Crippen LogP contribution in [0.5, 0.6) is 0 Å². The highest BCUT2D eigenvalue weighted by molar-refractivity contribution is 7.18. The number of fused-ring (bicyclic) bond motifs is 1. The lowest BCUT2D eigenvalue weighted by atomic mass is 10.1. The van der Waals surface area contributed by atoms with Crippen molar-refractivity contribution >= 4 is 21.6 Å². The third kappa shape index (κ3) is 3.72. The molecule has 2 aromatic heterocycles. The van der Waals surface area contributed by atoms with Crippen molar-refractivity contribution in [2.45, 2.75) is 33.5 Å². The van der Waals surface area contributed by atoms with Crippen molar-refractivity contribution in [2.24, 2.45) is 0 Å². The lowest BCUT2D eigenvalue weighted by Crippen LogP contribution is -2.39. The molecular formula is C23H19F3N2O2S. The molecule has 0 amide bonds. The maximum Gasteiger partial charge on any atom is 0.416 e. The molecule has 0 aliphatic heterocycles. The van der Waals surface area contributed by atoms with Gasteiger partial charge in [-0.1, -0.05) is 35.9 Å². The average molecular weight is 444 g/mol. The number of halogens is 3. The van der Waals surface area contributed by atoms with Gasteiger partial charge in [0.25, 0.3) is 5.56 Å². The number of alkyl halides is 3. The zero-order valence-corrected chi connectivity index (χ0v) is 17.9. The molecule has 0 N–H and O–H groups in total. The average Bonchev–Trinajstić information content (AvgIpc) is 3.01. The van der Waals surface area contributed by atoms with E-state index < -0.39 is 23.0 Å². The Morgan fingerprint density at radius 3 is 2.29 bits per heavy atom. The van der Waals surface area contributed by atoms with Gasteiger partial charge in [-0.3, -0.25) is 9.36 Å². The molecule has 4 rings (SSSR count). The van der Waals surface area contributed by atoms with E-state index in [9.17, 15) is 22.8 Å². The van der Waals surface area contributed by atoms with Crippen LogP contribution in [0, 0.1) is 20.8 Å². The molecule has 31 heavy (non-hydrogen) atoms. The molecule has 2 heterocycles. The number of rotatable bonds is 3. The molecule has 0 saturated heterocycles. The van der Waals surface area contributed by atoms with Crippen molar-refractivity contribution in [3.63, 3.8) is 0 Å². The van der Waals surface area contributed by atoms with E-state index in [0.29, 0.717) is 10.2 Å². The van der Waals surface area contributed by atoms with E-state index in [1.54, 1.807) is 6.92 Å². The summed E-state index contributed by atoms with van der Waals surface area (Å²) in [5, 5.41) is 0.353. The number of nitrogens with zero attached hydrogens (tertiary/aromatic N) is 2. The van der Waals surface area contributed by atoms with Gasteiger partial charge in [-0.05, 0) is 50.1 Å². The van der Waals surface area contributed by atoms with Crippen molar-refractivity contribution in [3.05, 3.63) is 96.5 Å². The first-order valence-corrected chi connectivity index (χ1v) is 10.4. The molecule has 0 aliphatic rings. The first-order chi connectivity index (χ1) is 14.6. The molecule has 0 radical (unpaired) electrons. The number of hydrogen-bond donors (Lipinski definition) is 0. The highest BCUT2D eigenvalue weighted by Crippen LogP contribution is 2.31. The Balaban J connectivity index is 2.03. The van der Waals surface area contributed by atoms with E-state index in [1.165, 1.54) is 28.0 Å². The summed E-state index contributed by atoms with van der Waals surface area (Å²) in [4.78, 5) is 28.1. The summed E-state index contributed by atoms with van der Waals surface area (Å²) in [6, 6.07) is 11.9. The zero-order valence-electron chi connectivity index (χ0n) is 17.1. The smallest absolute Gasteiger partial charge is 0.280 e. The SMILES string of the molecule is Cc1ccc(Cn2c(=O)n(-c3cccc(C(F)(F)F)c3)c(=O)c3c(C)c(C)sc32)cc1. The van der Waals surface area contributed by atoms with E-state index in [4.69, 9.17) is 0 Å². The molecule has 2 aromatic carbocycles. The number of benzene rings is 2. The van der Waals surface area contributed by atoms with Crippen molar-refractivity contribution in [1.29, 1.82) is 0 Å². The zero-order chi connectivity index (χ0) is 22.5. The predicted octanol–water partition coefficient (Wildman–Crippen LogP) is 5.21. The van der Waals surface area contributed by atoms with E-state index in [-0.39, 0.29) is 12.2 Å². The van der Waals surface area contributed by atoms with Gasteiger partial charge in [0, 0.05) is 4.88 Å². The van der Waals surface area contributed by atoms with Crippen LogP contribution in [0.25, 0.3) is 15.9 Å². The fraction of sp³-hybridized carbons (Fsp3) is 0.217. The molecule has 0 bridgehead atoms. The second kappa shape index (κ2) is 7.53. The van der Waals surface area contributed by atoms with Crippen LogP contribution in [-0.2, 0) is 12.7 Å². The van der Waals surface area contributed by atoms with Crippen LogP contribution >= 0.6 is 11.3 Å². The molecule has 4 aromatic rings. The van der Waals surface area contributed by atoms with Crippen LogP contribution in [0.4, 0.5) is 13.2 Å². The first-order valence-electron chi connectivity index (χ1n) is 9.56. The molecule has 0 spiro atoms. The van der Waals surface area contributed by atoms with Gasteiger partial charge in [-0.15, -0.1) is 11.3 Å². The summed E-state index contributed by atoms with van der Waals surface area (Å²) in [6.45, 7) is 5.80. The van der Waals surface area contributed by atoms with Crippen LogP contribution in [0.15, 0.2) is 58.1 Å². The summed E-state index contributed by atoms with van der Waals surface area (Å²) < 4.78 is 42.0. The van der Waals surface area contributed by atoms with Crippen molar-refractivity contribution in [3.8, 4) is 5.69 Å². The fourth-order valence-electron chi connectivity index (χ4n) is 3.52. The molecule has 0 atom stereocenters. The highest BCUT2D eigenvalue weighted by atomic mass is 32.1. The minimum atomic E-state index is -4.58. The molecule has 0 aliphatic carbocycles. The van der Waals surface area contributed by atoms with Crippen LogP contribution in [0.3, 0.4) is 0 Å². The second-order valence-corrected chi connectivity index (χ2v) is 8.71. The van der Waals surface area contributed by atoms with E-state index in [2.05, 4.69) is 0 Å². The molecule has 0 saturated carbocycles. The van der Waals surface area contributed by atoms with Crippen LogP contribution < -0.4 is 11.2 Å². The topological polar surface area (TPSA) is 44.0 Å². The third-order valence-electron chi connectivity index (χ3n) is 5.34. The molecular weight excluding hydrogens is 425 g/mol. The van der Waals surface area contributed by atoms with Gasteiger partial charge in [0.2, 0.25) is 0 Å². The summed E-state index contributed by atoms with van der Waals surface area (Å²) >= 11 is 1.34. The summed E-state index contributed by atoms with van der Waals surface area (Å²) in [6.07, 6.45) is -4.58. The monoisotopic (exact) mass is 444 g/mol. The van der Waals surface area contributed by atoms with Crippen LogP contribution in [-0.4, -0.2) is 9.13 Å². The predicted molar refractivity (Wildman–Crippen MR) is 116 cm³/mol. The van der Waals surface area contributed by atoms with Crippen LogP contribution in [0.1, 0.15) is 27.1 Å². The summed E-state index contributed by atoms with van der Waals surface area (Å²) in [5.74, 6) is 0. The minimum Gasteiger partial charge on any atom is -0.280 e. The Morgan fingerprint density at radius 1 is 0.968 bits per heavy atom. The van der Waals surface area contributed by atoms with E-state index >= 15 is 0 Å². The van der Waals surface area contributed by atoms with Crippen molar-refractivity contribution in [2.75, 3.05) is 0 Å². The standard InChI is InChI=1S/C23H19F3N2O2S/c1-13-7-9-16(10-8-13)12-27-21-19(14(2)15(3)31-21)20(29)28(22(27)30)18-6-4-5-17(11-18)23(24,25)26/h4-11H,12H2,1-3H3. The Kier molecular flexibility index (Phi) is 5.13. The van der Waals surface area contributed by atoms with Crippen molar-refractivity contribution in [1.82, 2.24) is 9.13 Å². The van der Waals surface area contributed by atoms with E-state index in [1.807, 2.05) is 38.1 Å². The lowest BCUT2D eigenvalue weighted by molar-refractivity contribution is -0.137. The largest absolute Gasteiger partial charge is 0.416 e. The van der Waals surface area contributed by atoms with Gasteiger partial charge < -0.3 is 0 Å². The fourth-order valence-corrected chi connectivity index (χ4v) is 4.66. The minimum absolute atomic E-state index is 0.104. The molecule has 0 fully saturated rings. The first kappa shape index (κ1) is 21.1. The maximum atomic E-state index is 13.4. The number of aryl methyl sites for hydroxylation is 3. The molecule has 160 valence electrons. The number of thiophene rings is 1. The van der Waals surface area contributed by atoms with Gasteiger partial charge in [0.15, 0.2) is 0 Å². The second-order valence-electron chi connectivity index (χ2n) is 7.51. The van der Waals surface area contributed by atoms with Crippen molar-refractivity contribution < 1.29 is 13.2 Å². The normalized spacial score (nSPS) is 11.9.